The number of hydrogen-bond donors (Lipinski definition) is 1. The second kappa shape index (κ2) is 8.18. The van der Waals surface area contributed by atoms with Gasteiger partial charge in [-0.15, -0.1) is 11.8 Å². The van der Waals surface area contributed by atoms with Crippen molar-refractivity contribution >= 4 is 39.3 Å². The number of hydrogen-bond acceptors (Lipinski definition) is 2. The molecule has 0 heterocycles. The third kappa shape index (κ3) is 4.71. The van der Waals surface area contributed by atoms with Gasteiger partial charge in [-0.3, -0.25) is 0 Å². The highest BCUT2D eigenvalue weighted by molar-refractivity contribution is 9.10. The van der Waals surface area contributed by atoms with Crippen LogP contribution in [0.15, 0.2) is 51.8 Å². The third-order valence-electron chi connectivity index (χ3n) is 3.18. The van der Waals surface area contributed by atoms with Gasteiger partial charge in [0.15, 0.2) is 0 Å². The Morgan fingerprint density at radius 3 is 2.71 bits per heavy atom. The summed E-state index contributed by atoms with van der Waals surface area (Å²) < 4.78 is 14.1. The smallest absolute Gasteiger partial charge is 0.137 e. The Bertz CT molecular complexity index is 609. The number of rotatable bonds is 6. The first-order valence-electron chi connectivity index (χ1n) is 6.59. The van der Waals surface area contributed by atoms with E-state index in [4.69, 9.17) is 11.6 Å². The normalized spacial score (nSPS) is 12.4. The SMILES string of the molecule is CNC(CSc1ccccc1Cl)Cc1cccc(F)c1Br. The Morgan fingerprint density at radius 1 is 1.24 bits per heavy atom. The molecule has 1 N–H and O–H groups in total. The highest BCUT2D eigenvalue weighted by atomic mass is 79.9. The molecule has 21 heavy (non-hydrogen) atoms. The molecule has 5 heteroatoms. The summed E-state index contributed by atoms with van der Waals surface area (Å²) in [7, 11) is 1.92. The number of halogens is 3. The maximum absolute atomic E-state index is 13.5. The fraction of sp³-hybridized carbons (Fsp3) is 0.250. The highest BCUT2D eigenvalue weighted by Gasteiger charge is 2.13. The quantitative estimate of drug-likeness (QED) is 0.686. The first kappa shape index (κ1) is 16.8. The summed E-state index contributed by atoms with van der Waals surface area (Å²) in [6.07, 6.45) is 0.756. The molecule has 0 aromatic heterocycles. The monoisotopic (exact) mass is 387 g/mol. The molecule has 0 amide bonds. The Hall–Kier alpha value is -0.550. The molecule has 2 rings (SSSR count). The lowest BCUT2D eigenvalue weighted by Crippen LogP contribution is -2.30. The van der Waals surface area contributed by atoms with E-state index in [0.717, 1.165) is 27.7 Å². The van der Waals surface area contributed by atoms with Gasteiger partial charge in [0.05, 0.1) is 9.50 Å². The van der Waals surface area contributed by atoms with E-state index in [1.807, 2.05) is 37.4 Å². The molecule has 0 fully saturated rings. The minimum atomic E-state index is -0.221. The second-order valence-corrected chi connectivity index (χ2v) is 6.91. The van der Waals surface area contributed by atoms with Gasteiger partial charge in [0.1, 0.15) is 5.82 Å². The van der Waals surface area contributed by atoms with Crippen LogP contribution in [0.25, 0.3) is 0 Å². The minimum Gasteiger partial charge on any atom is -0.316 e. The Balaban J connectivity index is 2.01. The number of likely N-dealkylation sites (N-methyl/N-ethyl adjacent to an activating group) is 1. The lowest BCUT2D eigenvalue weighted by atomic mass is 10.1. The third-order valence-corrected chi connectivity index (χ3v) is 5.75. The molecule has 0 spiro atoms. The molecule has 0 aliphatic rings. The summed E-state index contributed by atoms with van der Waals surface area (Å²) in [6, 6.07) is 13.2. The fourth-order valence-corrected chi connectivity index (χ4v) is 3.74. The fourth-order valence-electron chi connectivity index (χ4n) is 1.97. The first-order chi connectivity index (χ1) is 10.1. The first-order valence-corrected chi connectivity index (χ1v) is 8.75. The van der Waals surface area contributed by atoms with Gasteiger partial charge >= 0.3 is 0 Å². The van der Waals surface area contributed by atoms with Crippen LogP contribution in [-0.2, 0) is 6.42 Å². The van der Waals surface area contributed by atoms with E-state index < -0.39 is 0 Å². The van der Waals surface area contributed by atoms with Crippen molar-refractivity contribution in [1.29, 1.82) is 0 Å². The topological polar surface area (TPSA) is 12.0 Å². The highest BCUT2D eigenvalue weighted by Crippen LogP contribution is 2.28. The van der Waals surface area contributed by atoms with Crippen LogP contribution in [0.3, 0.4) is 0 Å². The Labute approximate surface area is 142 Å². The van der Waals surface area contributed by atoms with E-state index in [9.17, 15) is 4.39 Å². The van der Waals surface area contributed by atoms with Crippen molar-refractivity contribution < 1.29 is 4.39 Å². The standard InChI is InChI=1S/C16H16BrClFNS/c1-20-12(9-11-5-4-7-14(19)16(11)17)10-21-15-8-3-2-6-13(15)18/h2-8,12,20H,9-10H2,1H3. The van der Waals surface area contributed by atoms with Gasteiger partial charge in [0, 0.05) is 16.7 Å². The summed E-state index contributed by atoms with van der Waals surface area (Å²) in [6.45, 7) is 0. The van der Waals surface area contributed by atoms with E-state index in [0.29, 0.717) is 4.47 Å². The Morgan fingerprint density at radius 2 is 2.00 bits per heavy atom. The zero-order valence-electron chi connectivity index (χ0n) is 11.6. The minimum absolute atomic E-state index is 0.221. The van der Waals surface area contributed by atoms with Crippen molar-refractivity contribution in [2.75, 3.05) is 12.8 Å². The largest absolute Gasteiger partial charge is 0.316 e. The van der Waals surface area contributed by atoms with Crippen LogP contribution in [-0.4, -0.2) is 18.8 Å². The zero-order valence-corrected chi connectivity index (χ0v) is 14.7. The van der Waals surface area contributed by atoms with E-state index >= 15 is 0 Å². The van der Waals surface area contributed by atoms with Gasteiger partial charge in [-0.2, -0.15) is 0 Å². The van der Waals surface area contributed by atoms with E-state index in [-0.39, 0.29) is 11.9 Å². The van der Waals surface area contributed by atoms with Crippen LogP contribution >= 0.6 is 39.3 Å². The van der Waals surface area contributed by atoms with Crippen molar-refractivity contribution in [1.82, 2.24) is 5.32 Å². The maximum atomic E-state index is 13.5. The van der Waals surface area contributed by atoms with Gasteiger partial charge in [0.2, 0.25) is 0 Å². The van der Waals surface area contributed by atoms with Crippen molar-refractivity contribution in [3.63, 3.8) is 0 Å². The van der Waals surface area contributed by atoms with Crippen LogP contribution in [0.2, 0.25) is 5.02 Å². The summed E-state index contributed by atoms with van der Waals surface area (Å²) >= 11 is 11.2. The van der Waals surface area contributed by atoms with Crippen LogP contribution in [0, 0.1) is 5.82 Å². The molecule has 0 aliphatic carbocycles. The summed E-state index contributed by atoms with van der Waals surface area (Å²) in [5, 5.41) is 4.05. The van der Waals surface area contributed by atoms with Crippen LogP contribution in [0.1, 0.15) is 5.56 Å². The number of benzene rings is 2. The van der Waals surface area contributed by atoms with Gasteiger partial charge < -0.3 is 5.32 Å². The molecule has 2 aromatic carbocycles. The van der Waals surface area contributed by atoms with Gasteiger partial charge in [-0.1, -0.05) is 35.9 Å². The molecule has 1 unspecified atom stereocenters. The van der Waals surface area contributed by atoms with E-state index in [1.165, 1.54) is 6.07 Å². The molecule has 0 radical (unpaired) electrons. The van der Waals surface area contributed by atoms with Crippen molar-refractivity contribution in [3.05, 3.63) is 63.3 Å². The van der Waals surface area contributed by atoms with Crippen molar-refractivity contribution in [2.45, 2.75) is 17.4 Å². The van der Waals surface area contributed by atoms with Gasteiger partial charge in [-0.25, -0.2) is 4.39 Å². The van der Waals surface area contributed by atoms with Crippen LogP contribution in [0.4, 0.5) is 4.39 Å². The lowest BCUT2D eigenvalue weighted by Gasteiger charge is -2.17. The van der Waals surface area contributed by atoms with Crippen molar-refractivity contribution in [2.24, 2.45) is 0 Å². The second-order valence-electron chi connectivity index (χ2n) is 4.64. The van der Waals surface area contributed by atoms with Gasteiger partial charge in [-0.05, 0) is 53.2 Å². The molecule has 2 aromatic rings. The molecular weight excluding hydrogens is 373 g/mol. The molecule has 0 saturated carbocycles. The predicted octanol–water partition coefficient (Wildman–Crippen LogP) is 5.16. The predicted molar refractivity (Wildman–Crippen MR) is 92.8 cm³/mol. The lowest BCUT2D eigenvalue weighted by molar-refractivity contribution is 0.597. The van der Waals surface area contributed by atoms with E-state index in [1.54, 1.807) is 17.8 Å². The zero-order chi connectivity index (χ0) is 15.2. The molecule has 0 bridgehead atoms. The summed E-state index contributed by atoms with van der Waals surface area (Å²) in [4.78, 5) is 1.07. The van der Waals surface area contributed by atoms with Gasteiger partial charge in [0.25, 0.3) is 0 Å². The molecule has 1 nitrogen and oxygen atoms in total. The average Bonchev–Trinajstić information content (AvgIpc) is 2.49. The Kier molecular flexibility index (Phi) is 6.55. The molecule has 1 atom stereocenters. The number of nitrogens with one attached hydrogen (secondary N) is 1. The summed E-state index contributed by atoms with van der Waals surface area (Å²) in [5.74, 6) is 0.643. The molecule has 0 saturated heterocycles. The average molecular weight is 389 g/mol. The molecule has 112 valence electrons. The maximum Gasteiger partial charge on any atom is 0.137 e. The molecular formula is C16H16BrClFNS. The van der Waals surface area contributed by atoms with Crippen LogP contribution < -0.4 is 5.32 Å². The number of thioether (sulfide) groups is 1. The van der Waals surface area contributed by atoms with Crippen LogP contribution in [0.5, 0.6) is 0 Å². The van der Waals surface area contributed by atoms with E-state index in [2.05, 4.69) is 21.2 Å². The molecule has 0 aliphatic heterocycles. The van der Waals surface area contributed by atoms with Crippen molar-refractivity contribution in [3.8, 4) is 0 Å². The summed E-state index contributed by atoms with van der Waals surface area (Å²) in [5.41, 5.74) is 0.967.